The molecule has 0 aliphatic carbocycles. The number of hydroxylamine groups is 1. The molecule has 0 amide bonds. The van der Waals surface area contributed by atoms with Gasteiger partial charge in [0.1, 0.15) is 0 Å². The minimum Gasteiger partial charge on any atom is -0.316 e. The molecule has 1 aromatic carbocycles. The molecule has 4 heteroatoms. The van der Waals surface area contributed by atoms with E-state index in [1.165, 1.54) is 0 Å². The normalized spacial score (nSPS) is 10.1. The van der Waals surface area contributed by atoms with Crippen LogP contribution < -0.4 is 5.48 Å². The number of halogens is 2. The maximum Gasteiger partial charge on any atom is 0.0638 e. The Hall–Kier alpha value is -0.280. The van der Waals surface area contributed by atoms with Crippen LogP contribution >= 0.6 is 23.2 Å². The van der Waals surface area contributed by atoms with Crippen LogP contribution in [-0.4, -0.2) is 5.21 Å². The first kappa shape index (κ1) is 8.81. The molecular formula is C7H7Cl2NO. The van der Waals surface area contributed by atoms with Crippen molar-refractivity contribution in [1.82, 2.24) is 5.48 Å². The number of benzene rings is 1. The van der Waals surface area contributed by atoms with Crippen molar-refractivity contribution < 1.29 is 5.21 Å². The Morgan fingerprint density at radius 1 is 1.36 bits per heavy atom. The van der Waals surface area contributed by atoms with Crippen molar-refractivity contribution in [1.29, 1.82) is 0 Å². The van der Waals surface area contributed by atoms with E-state index in [0.29, 0.717) is 16.6 Å². The lowest BCUT2D eigenvalue weighted by Gasteiger charge is -2.02. The first-order chi connectivity index (χ1) is 5.25. The van der Waals surface area contributed by atoms with Crippen molar-refractivity contribution in [2.24, 2.45) is 0 Å². The van der Waals surface area contributed by atoms with E-state index in [4.69, 9.17) is 28.4 Å². The smallest absolute Gasteiger partial charge is 0.0638 e. The third kappa shape index (κ3) is 2.07. The number of rotatable bonds is 2. The van der Waals surface area contributed by atoms with Crippen LogP contribution in [0.25, 0.3) is 0 Å². The Labute approximate surface area is 74.7 Å². The molecule has 0 radical (unpaired) electrons. The van der Waals surface area contributed by atoms with Gasteiger partial charge in [0, 0.05) is 6.54 Å². The summed E-state index contributed by atoms with van der Waals surface area (Å²) in [6, 6.07) is 5.27. The van der Waals surface area contributed by atoms with Crippen molar-refractivity contribution >= 4 is 23.2 Å². The highest BCUT2D eigenvalue weighted by Crippen LogP contribution is 2.24. The first-order valence-corrected chi connectivity index (χ1v) is 3.81. The van der Waals surface area contributed by atoms with Gasteiger partial charge in [-0.2, -0.15) is 0 Å². The van der Waals surface area contributed by atoms with E-state index in [2.05, 4.69) is 0 Å². The summed E-state index contributed by atoms with van der Waals surface area (Å²) < 4.78 is 0. The standard InChI is InChI=1S/C7H7Cl2NO/c8-6-3-1-2-5(4-10-11)7(6)9/h1-3,10-11H,4H2. The van der Waals surface area contributed by atoms with E-state index in [9.17, 15) is 0 Å². The van der Waals surface area contributed by atoms with Crippen LogP contribution in [0.5, 0.6) is 0 Å². The second kappa shape index (κ2) is 3.93. The molecule has 0 bridgehead atoms. The van der Waals surface area contributed by atoms with Gasteiger partial charge >= 0.3 is 0 Å². The maximum absolute atomic E-state index is 8.38. The monoisotopic (exact) mass is 191 g/mol. The molecule has 0 unspecified atom stereocenters. The van der Waals surface area contributed by atoms with Crippen molar-refractivity contribution in [2.45, 2.75) is 6.54 Å². The molecule has 1 rings (SSSR count). The molecule has 0 saturated carbocycles. The lowest BCUT2D eigenvalue weighted by molar-refractivity contribution is 0.161. The fraction of sp³-hybridized carbons (Fsp3) is 0.143. The highest BCUT2D eigenvalue weighted by Gasteiger charge is 2.01. The highest BCUT2D eigenvalue weighted by atomic mass is 35.5. The number of hydrogen-bond acceptors (Lipinski definition) is 2. The van der Waals surface area contributed by atoms with Gasteiger partial charge in [0.2, 0.25) is 0 Å². The van der Waals surface area contributed by atoms with E-state index in [-0.39, 0.29) is 0 Å². The zero-order valence-electron chi connectivity index (χ0n) is 5.64. The Balaban J connectivity index is 2.96. The third-order valence-electron chi connectivity index (χ3n) is 1.30. The summed E-state index contributed by atoms with van der Waals surface area (Å²) >= 11 is 11.5. The van der Waals surface area contributed by atoms with Gasteiger partial charge in [-0.3, -0.25) is 0 Å². The van der Waals surface area contributed by atoms with Gasteiger partial charge in [0.05, 0.1) is 10.0 Å². The molecule has 0 heterocycles. The zero-order chi connectivity index (χ0) is 8.27. The van der Waals surface area contributed by atoms with Crippen molar-refractivity contribution in [2.75, 3.05) is 0 Å². The molecule has 1 aromatic rings. The predicted molar refractivity (Wildman–Crippen MR) is 45.1 cm³/mol. The first-order valence-electron chi connectivity index (χ1n) is 3.05. The van der Waals surface area contributed by atoms with E-state index >= 15 is 0 Å². The average molecular weight is 192 g/mol. The van der Waals surface area contributed by atoms with Crippen LogP contribution in [0.1, 0.15) is 5.56 Å². The van der Waals surface area contributed by atoms with Gasteiger partial charge in [-0.15, -0.1) is 0 Å². The van der Waals surface area contributed by atoms with Crippen LogP contribution in [0.4, 0.5) is 0 Å². The second-order valence-corrected chi connectivity index (χ2v) is 2.83. The quantitative estimate of drug-likeness (QED) is 0.705. The Morgan fingerprint density at radius 3 is 2.73 bits per heavy atom. The number of nitrogens with one attached hydrogen (secondary N) is 1. The molecule has 0 aliphatic heterocycles. The van der Waals surface area contributed by atoms with Crippen molar-refractivity contribution in [3.63, 3.8) is 0 Å². The SMILES string of the molecule is ONCc1cccc(Cl)c1Cl. The molecule has 0 fully saturated rings. The molecule has 60 valence electrons. The average Bonchev–Trinajstić information content (AvgIpc) is 1.99. The van der Waals surface area contributed by atoms with Gasteiger partial charge < -0.3 is 5.21 Å². The molecule has 0 aromatic heterocycles. The van der Waals surface area contributed by atoms with Gasteiger partial charge in [0.15, 0.2) is 0 Å². The Kier molecular flexibility index (Phi) is 3.15. The molecule has 0 atom stereocenters. The molecular weight excluding hydrogens is 185 g/mol. The second-order valence-electron chi connectivity index (χ2n) is 2.05. The van der Waals surface area contributed by atoms with Gasteiger partial charge in [0.25, 0.3) is 0 Å². The van der Waals surface area contributed by atoms with Crippen LogP contribution in [0.2, 0.25) is 10.0 Å². The van der Waals surface area contributed by atoms with Crippen molar-refractivity contribution in [3.8, 4) is 0 Å². The lowest BCUT2D eigenvalue weighted by atomic mass is 10.2. The molecule has 0 aliphatic rings. The predicted octanol–water partition coefficient (Wildman–Crippen LogP) is 2.47. The Morgan fingerprint density at radius 2 is 2.09 bits per heavy atom. The van der Waals surface area contributed by atoms with E-state index in [0.717, 1.165) is 5.56 Å². The fourth-order valence-electron chi connectivity index (χ4n) is 0.770. The summed E-state index contributed by atoms with van der Waals surface area (Å²) in [5.74, 6) is 0. The maximum atomic E-state index is 8.38. The van der Waals surface area contributed by atoms with Gasteiger partial charge in [-0.25, -0.2) is 5.48 Å². The summed E-state index contributed by atoms with van der Waals surface area (Å²) in [6.45, 7) is 0.305. The number of hydrogen-bond donors (Lipinski definition) is 2. The minimum absolute atomic E-state index is 0.305. The summed E-state index contributed by atoms with van der Waals surface area (Å²) in [5.41, 5.74) is 2.79. The highest BCUT2D eigenvalue weighted by molar-refractivity contribution is 6.42. The van der Waals surface area contributed by atoms with Crippen LogP contribution in [-0.2, 0) is 6.54 Å². The topological polar surface area (TPSA) is 32.3 Å². The van der Waals surface area contributed by atoms with E-state index in [1.807, 2.05) is 5.48 Å². The lowest BCUT2D eigenvalue weighted by Crippen LogP contribution is -2.06. The zero-order valence-corrected chi connectivity index (χ0v) is 7.15. The third-order valence-corrected chi connectivity index (χ3v) is 2.16. The molecule has 0 saturated heterocycles. The minimum atomic E-state index is 0.305. The summed E-state index contributed by atoms with van der Waals surface area (Å²) in [4.78, 5) is 0. The summed E-state index contributed by atoms with van der Waals surface area (Å²) in [5, 5.41) is 9.36. The summed E-state index contributed by atoms with van der Waals surface area (Å²) in [7, 11) is 0. The van der Waals surface area contributed by atoms with Crippen molar-refractivity contribution in [3.05, 3.63) is 33.8 Å². The van der Waals surface area contributed by atoms with Crippen LogP contribution in [0.3, 0.4) is 0 Å². The largest absolute Gasteiger partial charge is 0.316 e. The molecule has 0 spiro atoms. The molecule has 11 heavy (non-hydrogen) atoms. The van der Waals surface area contributed by atoms with Gasteiger partial charge in [-0.1, -0.05) is 35.3 Å². The molecule has 2 nitrogen and oxygen atoms in total. The van der Waals surface area contributed by atoms with Gasteiger partial charge in [-0.05, 0) is 11.6 Å². The van der Waals surface area contributed by atoms with Crippen LogP contribution in [0.15, 0.2) is 18.2 Å². The molecule has 2 N–H and O–H groups in total. The van der Waals surface area contributed by atoms with Crippen LogP contribution in [0, 0.1) is 0 Å². The van der Waals surface area contributed by atoms with E-state index in [1.54, 1.807) is 18.2 Å². The summed E-state index contributed by atoms with van der Waals surface area (Å²) in [6.07, 6.45) is 0. The Bertz CT molecular complexity index is 252. The van der Waals surface area contributed by atoms with E-state index < -0.39 is 0 Å². The fourth-order valence-corrected chi connectivity index (χ4v) is 1.16.